The smallest absolute Gasteiger partial charge is 0.338 e. The quantitative estimate of drug-likeness (QED) is 0.419. The average Bonchev–Trinajstić information content (AvgIpc) is 2.51. The molecule has 0 spiro atoms. The van der Waals surface area contributed by atoms with Crippen molar-refractivity contribution in [2.24, 2.45) is 0 Å². The predicted molar refractivity (Wildman–Crippen MR) is 81.9 cm³/mol. The van der Waals surface area contributed by atoms with Crippen LogP contribution >= 0.6 is 0 Å². The second-order valence-electron chi connectivity index (χ2n) is 4.61. The average molecular weight is 294 g/mol. The normalized spacial score (nSPS) is 11.2. The molecule has 0 atom stereocenters. The fourth-order valence-corrected chi connectivity index (χ4v) is 3.05. The molecule has 1 rings (SSSR count). The van der Waals surface area contributed by atoms with Gasteiger partial charge in [-0.2, -0.15) is 0 Å². The molecular weight excluding hydrogens is 272 g/mol. The Hall–Kier alpha value is -1.43. The highest BCUT2D eigenvalue weighted by Gasteiger charge is 2.27. The molecule has 0 radical (unpaired) electrons. The van der Waals surface area contributed by atoms with Crippen LogP contribution in [0.25, 0.3) is 6.08 Å². The zero-order valence-corrected chi connectivity index (χ0v) is 13.3. The number of benzene rings is 1. The second-order valence-corrected chi connectivity index (χ2v) is 8.19. The third kappa shape index (κ3) is 4.92. The first-order valence-electron chi connectivity index (χ1n) is 6.54. The van der Waals surface area contributed by atoms with E-state index >= 15 is 0 Å². The summed E-state index contributed by atoms with van der Waals surface area (Å²) in [5, 5.41) is 0. The number of ether oxygens (including phenoxy) is 1. The van der Waals surface area contributed by atoms with E-state index in [9.17, 15) is 4.79 Å². The van der Waals surface area contributed by atoms with Crippen LogP contribution in [-0.4, -0.2) is 35.4 Å². The summed E-state index contributed by atoms with van der Waals surface area (Å²) < 4.78 is 16.0. The van der Waals surface area contributed by atoms with Gasteiger partial charge in [0.15, 0.2) is 0 Å². The topological polar surface area (TPSA) is 44.8 Å². The van der Waals surface area contributed by atoms with Gasteiger partial charge < -0.3 is 13.6 Å². The Kier molecular flexibility index (Phi) is 6.64. The van der Waals surface area contributed by atoms with Crippen molar-refractivity contribution in [2.45, 2.75) is 19.0 Å². The van der Waals surface area contributed by atoms with Crippen LogP contribution in [0.1, 0.15) is 22.3 Å². The Morgan fingerprint density at radius 2 is 1.85 bits per heavy atom. The van der Waals surface area contributed by atoms with Gasteiger partial charge in [0.05, 0.1) is 12.2 Å². The highest BCUT2D eigenvalue weighted by molar-refractivity contribution is 6.65. The maximum absolute atomic E-state index is 11.8. The van der Waals surface area contributed by atoms with Crippen LogP contribution < -0.4 is 0 Å². The van der Waals surface area contributed by atoms with Crippen LogP contribution in [0.5, 0.6) is 0 Å². The van der Waals surface area contributed by atoms with E-state index in [2.05, 4.69) is 6.58 Å². The lowest BCUT2D eigenvalue weighted by atomic mass is 10.1. The van der Waals surface area contributed by atoms with Crippen molar-refractivity contribution in [3.8, 4) is 0 Å². The van der Waals surface area contributed by atoms with E-state index in [1.807, 2.05) is 18.7 Å². The molecule has 0 bridgehead atoms. The Balaban J connectivity index is 2.38. The Bertz CT molecular complexity index is 438. The summed E-state index contributed by atoms with van der Waals surface area (Å²) in [7, 11) is 1.25. The molecule has 5 heteroatoms. The van der Waals surface area contributed by atoms with E-state index in [4.69, 9.17) is 13.6 Å². The SMILES string of the molecule is C=Cc1ccc(C(=O)OCCC[Si](C)(OC)OC)cc1. The van der Waals surface area contributed by atoms with E-state index in [-0.39, 0.29) is 5.97 Å². The third-order valence-electron chi connectivity index (χ3n) is 3.25. The minimum absolute atomic E-state index is 0.307. The van der Waals surface area contributed by atoms with Gasteiger partial charge in [-0.1, -0.05) is 24.8 Å². The molecular formula is C15H22O4Si. The molecule has 0 aromatic heterocycles. The van der Waals surface area contributed by atoms with Gasteiger partial charge in [-0.15, -0.1) is 0 Å². The van der Waals surface area contributed by atoms with Gasteiger partial charge in [0.2, 0.25) is 0 Å². The van der Waals surface area contributed by atoms with Gasteiger partial charge in [-0.3, -0.25) is 0 Å². The molecule has 0 amide bonds. The molecule has 1 aromatic carbocycles. The molecule has 20 heavy (non-hydrogen) atoms. The summed E-state index contributed by atoms with van der Waals surface area (Å²) in [4.78, 5) is 11.8. The number of carbonyl (C=O) groups excluding carboxylic acids is 1. The van der Waals surface area contributed by atoms with E-state index in [0.29, 0.717) is 12.2 Å². The molecule has 0 fully saturated rings. The Labute approximate surface area is 121 Å². The van der Waals surface area contributed by atoms with Crippen LogP contribution in [-0.2, 0) is 13.6 Å². The summed E-state index contributed by atoms with van der Waals surface area (Å²) in [5.41, 5.74) is 1.53. The summed E-state index contributed by atoms with van der Waals surface area (Å²) in [5.74, 6) is -0.307. The van der Waals surface area contributed by atoms with Crippen LogP contribution in [0.15, 0.2) is 30.8 Å². The summed E-state index contributed by atoms with van der Waals surface area (Å²) >= 11 is 0. The van der Waals surface area contributed by atoms with E-state index in [1.165, 1.54) is 0 Å². The van der Waals surface area contributed by atoms with E-state index in [0.717, 1.165) is 18.0 Å². The van der Waals surface area contributed by atoms with Gasteiger partial charge in [-0.05, 0) is 36.7 Å². The molecule has 0 saturated carbocycles. The lowest BCUT2D eigenvalue weighted by Crippen LogP contribution is -2.36. The van der Waals surface area contributed by atoms with Crippen molar-refractivity contribution in [2.75, 3.05) is 20.8 Å². The zero-order chi connectivity index (χ0) is 15.0. The third-order valence-corrected chi connectivity index (χ3v) is 6.24. The van der Waals surface area contributed by atoms with Gasteiger partial charge in [0.1, 0.15) is 0 Å². The van der Waals surface area contributed by atoms with Crippen LogP contribution in [0, 0.1) is 0 Å². The van der Waals surface area contributed by atoms with E-state index < -0.39 is 8.56 Å². The highest BCUT2D eigenvalue weighted by Crippen LogP contribution is 2.14. The second kappa shape index (κ2) is 7.99. The number of carbonyl (C=O) groups is 1. The largest absolute Gasteiger partial charge is 0.462 e. The lowest BCUT2D eigenvalue weighted by Gasteiger charge is -2.22. The maximum Gasteiger partial charge on any atom is 0.338 e. The fraction of sp³-hybridized carbons (Fsp3) is 0.400. The minimum atomic E-state index is -2.06. The van der Waals surface area contributed by atoms with Crippen molar-refractivity contribution in [3.05, 3.63) is 42.0 Å². The minimum Gasteiger partial charge on any atom is -0.462 e. The molecule has 0 aliphatic rings. The molecule has 0 heterocycles. The maximum atomic E-state index is 11.8. The molecule has 0 N–H and O–H groups in total. The summed E-state index contributed by atoms with van der Waals surface area (Å²) in [6.07, 6.45) is 2.47. The Morgan fingerprint density at radius 1 is 1.25 bits per heavy atom. The van der Waals surface area contributed by atoms with Crippen LogP contribution in [0.4, 0.5) is 0 Å². The standard InChI is InChI=1S/C15H22O4Si/c1-5-13-7-9-14(10-8-13)15(16)19-11-6-12-20(4,17-2)18-3/h5,7-10H,1,6,11-12H2,2-4H3. The molecule has 4 nitrogen and oxygen atoms in total. The van der Waals surface area contributed by atoms with Gasteiger partial charge in [0.25, 0.3) is 0 Å². The van der Waals surface area contributed by atoms with Gasteiger partial charge in [0, 0.05) is 14.2 Å². The molecule has 110 valence electrons. The van der Waals surface area contributed by atoms with Gasteiger partial charge >= 0.3 is 14.5 Å². The van der Waals surface area contributed by atoms with Crippen LogP contribution in [0.2, 0.25) is 12.6 Å². The van der Waals surface area contributed by atoms with Crippen molar-refractivity contribution in [1.29, 1.82) is 0 Å². The van der Waals surface area contributed by atoms with Crippen molar-refractivity contribution >= 4 is 20.6 Å². The van der Waals surface area contributed by atoms with Crippen LogP contribution in [0.3, 0.4) is 0 Å². The van der Waals surface area contributed by atoms with E-state index in [1.54, 1.807) is 32.4 Å². The van der Waals surface area contributed by atoms with Crippen molar-refractivity contribution in [3.63, 3.8) is 0 Å². The lowest BCUT2D eigenvalue weighted by molar-refractivity contribution is 0.0501. The fourth-order valence-electron chi connectivity index (χ4n) is 1.68. The first-order chi connectivity index (χ1) is 9.54. The molecule has 1 aromatic rings. The number of esters is 1. The monoisotopic (exact) mass is 294 g/mol. The molecule has 0 unspecified atom stereocenters. The Morgan fingerprint density at radius 3 is 2.35 bits per heavy atom. The first kappa shape index (κ1) is 16.6. The van der Waals surface area contributed by atoms with Crippen molar-refractivity contribution in [1.82, 2.24) is 0 Å². The highest BCUT2D eigenvalue weighted by atomic mass is 28.4. The number of hydrogen-bond acceptors (Lipinski definition) is 4. The van der Waals surface area contributed by atoms with Gasteiger partial charge in [-0.25, -0.2) is 4.79 Å². The first-order valence-corrected chi connectivity index (χ1v) is 9.07. The predicted octanol–water partition coefficient (Wildman–Crippen LogP) is 3.24. The number of rotatable bonds is 8. The number of hydrogen-bond donors (Lipinski definition) is 0. The summed E-state index contributed by atoms with van der Waals surface area (Å²) in [6, 6.07) is 7.95. The summed E-state index contributed by atoms with van der Waals surface area (Å²) in [6.45, 7) is 6.03. The molecule has 0 saturated heterocycles. The molecule has 0 aliphatic carbocycles. The zero-order valence-electron chi connectivity index (χ0n) is 12.3. The molecule has 0 aliphatic heterocycles. The van der Waals surface area contributed by atoms with Crippen molar-refractivity contribution < 1.29 is 18.4 Å².